The van der Waals surface area contributed by atoms with E-state index in [-0.39, 0.29) is 24.0 Å². The molecule has 28 heavy (non-hydrogen) atoms. The Labute approximate surface area is 186 Å². The number of benzene rings is 2. The van der Waals surface area contributed by atoms with Crippen LogP contribution in [0.1, 0.15) is 36.1 Å². The summed E-state index contributed by atoms with van der Waals surface area (Å²) in [7, 11) is 1.78. The van der Waals surface area contributed by atoms with Crippen LogP contribution in [0.25, 0.3) is 0 Å². The van der Waals surface area contributed by atoms with Crippen LogP contribution in [-0.4, -0.2) is 26.2 Å². The molecule has 2 aromatic rings. The van der Waals surface area contributed by atoms with Crippen molar-refractivity contribution in [2.24, 2.45) is 4.99 Å². The van der Waals surface area contributed by atoms with E-state index in [0.717, 1.165) is 23.9 Å². The second-order valence-corrected chi connectivity index (χ2v) is 6.28. The third kappa shape index (κ3) is 8.06. The number of nitrogens with zero attached hydrogens (tertiary/aromatic N) is 1. The van der Waals surface area contributed by atoms with Crippen LogP contribution in [0.3, 0.4) is 0 Å². The van der Waals surface area contributed by atoms with Gasteiger partial charge in [0.25, 0.3) is 0 Å². The third-order valence-electron chi connectivity index (χ3n) is 4.15. The van der Waals surface area contributed by atoms with Crippen molar-refractivity contribution in [3.8, 4) is 5.75 Å². The summed E-state index contributed by atoms with van der Waals surface area (Å²) in [6.45, 7) is 9.49. The summed E-state index contributed by atoms with van der Waals surface area (Å²) in [5, 5.41) is 6.70. The molecule has 2 aromatic carbocycles. The minimum Gasteiger partial charge on any atom is -0.494 e. The van der Waals surface area contributed by atoms with Crippen LogP contribution in [-0.2, 0) is 24.4 Å². The van der Waals surface area contributed by atoms with E-state index in [0.29, 0.717) is 26.3 Å². The molecule has 0 aliphatic carbocycles. The van der Waals surface area contributed by atoms with Crippen molar-refractivity contribution in [2.45, 2.75) is 40.5 Å². The average molecular weight is 497 g/mol. The van der Waals surface area contributed by atoms with E-state index in [1.807, 2.05) is 13.8 Å². The van der Waals surface area contributed by atoms with E-state index >= 15 is 0 Å². The molecular formula is C22H32IN3O2. The molecular weight excluding hydrogens is 465 g/mol. The average Bonchev–Trinajstić information content (AvgIpc) is 2.69. The van der Waals surface area contributed by atoms with E-state index in [4.69, 9.17) is 9.47 Å². The second kappa shape index (κ2) is 13.4. The summed E-state index contributed by atoms with van der Waals surface area (Å²) in [6.07, 6.45) is 0. The Bertz CT molecular complexity index is 733. The highest BCUT2D eigenvalue weighted by atomic mass is 127. The molecule has 0 heterocycles. The fraction of sp³-hybridized carbons (Fsp3) is 0.409. The molecule has 0 saturated heterocycles. The van der Waals surface area contributed by atoms with Crippen LogP contribution in [0.5, 0.6) is 5.75 Å². The SMILES string of the molecule is CCOCc1ccc(CNC(=NC)NCc2ccc(C)cc2OCC)cc1.I. The molecule has 2 N–H and O–H groups in total. The highest BCUT2D eigenvalue weighted by Gasteiger charge is 2.05. The number of hydrogen-bond acceptors (Lipinski definition) is 3. The maximum absolute atomic E-state index is 5.74. The summed E-state index contributed by atoms with van der Waals surface area (Å²) < 4.78 is 11.2. The van der Waals surface area contributed by atoms with Crippen molar-refractivity contribution in [1.82, 2.24) is 10.6 Å². The predicted molar refractivity (Wildman–Crippen MR) is 127 cm³/mol. The number of nitrogens with one attached hydrogen (secondary N) is 2. The molecule has 0 fully saturated rings. The maximum Gasteiger partial charge on any atom is 0.191 e. The number of ether oxygens (including phenoxy) is 2. The number of guanidine groups is 1. The van der Waals surface area contributed by atoms with E-state index in [9.17, 15) is 0 Å². The monoisotopic (exact) mass is 497 g/mol. The topological polar surface area (TPSA) is 54.9 Å². The third-order valence-corrected chi connectivity index (χ3v) is 4.15. The standard InChI is InChI=1S/C22H31N3O2.HI/c1-5-26-16-19-10-8-18(9-11-19)14-24-22(23-4)25-15-20-12-7-17(3)13-21(20)27-6-2;/h7-13H,5-6,14-16H2,1-4H3,(H2,23,24,25);1H. The van der Waals surface area contributed by atoms with Crippen molar-refractivity contribution in [2.75, 3.05) is 20.3 Å². The van der Waals surface area contributed by atoms with Gasteiger partial charge in [-0.3, -0.25) is 4.99 Å². The lowest BCUT2D eigenvalue weighted by molar-refractivity contribution is 0.134. The highest BCUT2D eigenvalue weighted by molar-refractivity contribution is 14.0. The van der Waals surface area contributed by atoms with Gasteiger partial charge in [0.15, 0.2) is 5.96 Å². The Morgan fingerprint density at radius 3 is 2.25 bits per heavy atom. The van der Waals surface area contributed by atoms with Crippen molar-refractivity contribution < 1.29 is 9.47 Å². The minimum absolute atomic E-state index is 0. The lowest BCUT2D eigenvalue weighted by Gasteiger charge is -2.15. The predicted octanol–water partition coefficient (Wildman–Crippen LogP) is 4.41. The van der Waals surface area contributed by atoms with Crippen LogP contribution in [0.4, 0.5) is 0 Å². The maximum atomic E-state index is 5.74. The molecule has 0 atom stereocenters. The summed E-state index contributed by atoms with van der Waals surface area (Å²) in [6, 6.07) is 14.7. The molecule has 0 spiro atoms. The highest BCUT2D eigenvalue weighted by Crippen LogP contribution is 2.20. The van der Waals surface area contributed by atoms with Crippen LogP contribution in [0.2, 0.25) is 0 Å². The van der Waals surface area contributed by atoms with Gasteiger partial charge >= 0.3 is 0 Å². The summed E-state index contributed by atoms with van der Waals surface area (Å²) in [5.74, 6) is 1.68. The van der Waals surface area contributed by atoms with Gasteiger partial charge in [0, 0.05) is 32.3 Å². The zero-order valence-corrected chi connectivity index (χ0v) is 19.6. The van der Waals surface area contributed by atoms with Crippen molar-refractivity contribution in [1.29, 1.82) is 0 Å². The molecule has 0 bridgehead atoms. The Hall–Kier alpha value is -1.80. The minimum atomic E-state index is 0. The summed E-state index contributed by atoms with van der Waals surface area (Å²) >= 11 is 0. The van der Waals surface area contributed by atoms with Crippen molar-refractivity contribution >= 4 is 29.9 Å². The van der Waals surface area contributed by atoms with E-state index in [1.165, 1.54) is 16.7 Å². The van der Waals surface area contributed by atoms with Gasteiger partial charge in [0.2, 0.25) is 0 Å². The molecule has 0 aliphatic heterocycles. The number of aliphatic imine (C=N–C) groups is 1. The van der Waals surface area contributed by atoms with E-state index in [2.05, 4.69) is 65.0 Å². The fourth-order valence-electron chi connectivity index (χ4n) is 2.66. The number of rotatable bonds is 9. The molecule has 0 saturated carbocycles. The fourth-order valence-corrected chi connectivity index (χ4v) is 2.66. The molecule has 0 aromatic heterocycles. The first-order valence-electron chi connectivity index (χ1n) is 9.48. The van der Waals surface area contributed by atoms with Crippen LogP contribution < -0.4 is 15.4 Å². The van der Waals surface area contributed by atoms with Gasteiger partial charge in [-0.05, 0) is 43.5 Å². The van der Waals surface area contributed by atoms with Gasteiger partial charge in [0.05, 0.1) is 13.2 Å². The van der Waals surface area contributed by atoms with Crippen molar-refractivity contribution in [3.63, 3.8) is 0 Å². The van der Waals surface area contributed by atoms with Gasteiger partial charge in [0.1, 0.15) is 5.75 Å². The normalized spacial score (nSPS) is 10.9. The zero-order valence-electron chi connectivity index (χ0n) is 17.2. The van der Waals surface area contributed by atoms with Crippen LogP contribution in [0, 0.1) is 6.92 Å². The molecule has 0 amide bonds. The molecule has 0 aliphatic rings. The first-order chi connectivity index (χ1) is 13.2. The quantitative estimate of drug-likeness (QED) is 0.306. The molecule has 5 nitrogen and oxygen atoms in total. The first-order valence-corrected chi connectivity index (χ1v) is 9.48. The molecule has 2 rings (SSSR count). The first kappa shape index (κ1) is 24.2. The van der Waals surface area contributed by atoms with Crippen LogP contribution in [0.15, 0.2) is 47.5 Å². The summed E-state index contributed by atoms with van der Waals surface area (Å²) in [5.41, 5.74) is 4.69. The molecule has 154 valence electrons. The molecule has 6 heteroatoms. The Balaban J connectivity index is 0.00000392. The summed E-state index contributed by atoms with van der Waals surface area (Å²) in [4.78, 5) is 4.30. The number of halogens is 1. The van der Waals surface area contributed by atoms with Gasteiger partial charge in [-0.25, -0.2) is 0 Å². The Kier molecular flexibility index (Phi) is 11.6. The molecule has 0 unspecified atom stereocenters. The number of hydrogen-bond donors (Lipinski definition) is 2. The zero-order chi connectivity index (χ0) is 19.5. The smallest absolute Gasteiger partial charge is 0.191 e. The van der Waals surface area contributed by atoms with Gasteiger partial charge in [-0.2, -0.15) is 0 Å². The Morgan fingerprint density at radius 2 is 1.61 bits per heavy atom. The van der Waals surface area contributed by atoms with Crippen LogP contribution >= 0.6 is 24.0 Å². The molecule has 0 radical (unpaired) electrons. The largest absolute Gasteiger partial charge is 0.494 e. The lowest BCUT2D eigenvalue weighted by Crippen LogP contribution is -2.36. The lowest BCUT2D eigenvalue weighted by atomic mass is 10.1. The number of aryl methyl sites for hydroxylation is 1. The van der Waals surface area contributed by atoms with E-state index < -0.39 is 0 Å². The Morgan fingerprint density at radius 1 is 0.929 bits per heavy atom. The van der Waals surface area contributed by atoms with Gasteiger partial charge in [-0.15, -0.1) is 24.0 Å². The van der Waals surface area contributed by atoms with E-state index in [1.54, 1.807) is 7.05 Å². The second-order valence-electron chi connectivity index (χ2n) is 6.28. The van der Waals surface area contributed by atoms with Gasteiger partial charge in [-0.1, -0.05) is 36.4 Å². The van der Waals surface area contributed by atoms with Crippen molar-refractivity contribution in [3.05, 3.63) is 64.7 Å². The van der Waals surface area contributed by atoms with Gasteiger partial charge < -0.3 is 20.1 Å².